The van der Waals surface area contributed by atoms with E-state index in [-0.39, 0.29) is 0 Å². The van der Waals surface area contributed by atoms with Gasteiger partial charge >= 0.3 is 0 Å². The molecule has 0 saturated carbocycles. The third kappa shape index (κ3) is 5.51. The van der Waals surface area contributed by atoms with Crippen molar-refractivity contribution < 1.29 is 0 Å². The Morgan fingerprint density at radius 2 is 1.96 bits per heavy atom. The Morgan fingerprint density at radius 3 is 2.70 bits per heavy atom. The van der Waals surface area contributed by atoms with Crippen molar-refractivity contribution in [2.75, 3.05) is 62.6 Å². The summed E-state index contributed by atoms with van der Waals surface area (Å²) in [6.07, 6.45) is 0. The molecule has 0 spiro atoms. The zero-order valence-corrected chi connectivity index (χ0v) is 17.1. The predicted octanol–water partition coefficient (Wildman–Crippen LogP) is 2.27. The van der Waals surface area contributed by atoms with Crippen LogP contribution < -0.4 is 20.9 Å². The first-order valence-electron chi connectivity index (χ1n) is 9.83. The van der Waals surface area contributed by atoms with Gasteiger partial charge in [0.25, 0.3) is 0 Å². The Labute approximate surface area is 167 Å². The van der Waals surface area contributed by atoms with Gasteiger partial charge in [-0.3, -0.25) is 0 Å². The number of anilines is 2. The maximum Gasteiger partial charge on any atom is 0.170 e. The van der Waals surface area contributed by atoms with Crippen LogP contribution in [-0.4, -0.2) is 67.4 Å². The van der Waals surface area contributed by atoms with Gasteiger partial charge in [0, 0.05) is 50.3 Å². The van der Waals surface area contributed by atoms with Crippen LogP contribution in [0.15, 0.2) is 30.3 Å². The molecular formula is C20H30N6S. The molecule has 0 aliphatic carbocycles. The van der Waals surface area contributed by atoms with Crippen molar-refractivity contribution in [2.45, 2.75) is 13.8 Å². The largest absolute Gasteiger partial charge is 0.361 e. The second-order valence-electron chi connectivity index (χ2n) is 6.72. The van der Waals surface area contributed by atoms with Crippen LogP contribution in [0.3, 0.4) is 0 Å². The van der Waals surface area contributed by atoms with E-state index in [4.69, 9.17) is 17.2 Å². The predicted molar refractivity (Wildman–Crippen MR) is 119 cm³/mol. The fraction of sp³-hybridized carbons (Fsp3) is 0.500. The van der Waals surface area contributed by atoms with Crippen LogP contribution in [0.1, 0.15) is 13.8 Å². The van der Waals surface area contributed by atoms with E-state index in [9.17, 15) is 0 Å². The molecule has 3 rings (SSSR count). The molecule has 6 nitrogen and oxygen atoms in total. The van der Waals surface area contributed by atoms with Crippen LogP contribution in [0, 0.1) is 0 Å². The van der Waals surface area contributed by atoms with E-state index >= 15 is 0 Å². The number of piperazine rings is 1. The molecule has 0 radical (unpaired) electrons. The standard InChI is InChI=1S/C20H30N6S/c1-3-25(4-2)12-11-22-20(27)23-17-6-7-18-16(15-17)5-8-19(24-18)26-13-9-21-10-14-26/h5-8,15,21H,3-4,9-14H2,1-2H3,(H2,22,23,27). The molecule has 1 fully saturated rings. The first-order chi connectivity index (χ1) is 13.2. The van der Waals surface area contributed by atoms with Gasteiger partial charge in [-0.05, 0) is 55.6 Å². The smallest absolute Gasteiger partial charge is 0.170 e. The summed E-state index contributed by atoms with van der Waals surface area (Å²) in [7, 11) is 0. The van der Waals surface area contributed by atoms with Gasteiger partial charge in [-0.25, -0.2) is 4.98 Å². The van der Waals surface area contributed by atoms with Gasteiger partial charge in [-0.15, -0.1) is 0 Å². The number of hydrogen-bond donors (Lipinski definition) is 3. The maximum absolute atomic E-state index is 5.42. The highest BCUT2D eigenvalue weighted by molar-refractivity contribution is 7.80. The van der Waals surface area contributed by atoms with E-state index in [0.717, 1.165) is 74.8 Å². The van der Waals surface area contributed by atoms with E-state index < -0.39 is 0 Å². The maximum atomic E-state index is 5.42. The number of pyridine rings is 1. The van der Waals surface area contributed by atoms with Gasteiger partial charge in [0.2, 0.25) is 0 Å². The molecular weight excluding hydrogens is 356 g/mol. The Hall–Kier alpha value is -1.96. The number of hydrogen-bond acceptors (Lipinski definition) is 5. The highest BCUT2D eigenvalue weighted by atomic mass is 32.1. The number of nitrogens with one attached hydrogen (secondary N) is 3. The summed E-state index contributed by atoms with van der Waals surface area (Å²) in [5.74, 6) is 1.05. The molecule has 0 unspecified atom stereocenters. The van der Waals surface area contributed by atoms with Crippen LogP contribution in [-0.2, 0) is 0 Å². The lowest BCUT2D eigenvalue weighted by Gasteiger charge is -2.28. The lowest BCUT2D eigenvalue weighted by atomic mass is 10.2. The Kier molecular flexibility index (Phi) is 7.20. The average Bonchev–Trinajstić information content (AvgIpc) is 2.71. The van der Waals surface area contributed by atoms with Crippen molar-refractivity contribution in [3.63, 3.8) is 0 Å². The SMILES string of the molecule is CCN(CC)CCNC(=S)Nc1ccc2nc(N3CCNCC3)ccc2c1. The van der Waals surface area contributed by atoms with Crippen molar-refractivity contribution in [1.82, 2.24) is 20.5 Å². The van der Waals surface area contributed by atoms with Gasteiger partial charge in [-0.2, -0.15) is 0 Å². The normalized spacial score (nSPS) is 14.6. The lowest BCUT2D eigenvalue weighted by molar-refractivity contribution is 0.308. The van der Waals surface area contributed by atoms with Crippen LogP contribution in [0.4, 0.5) is 11.5 Å². The van der Waals surface area contributed by atoms with Crippen molar-refractivity contribution >= 4 is 39.7 Å². The molecule has 0 bridgehead atoms. The molecule has 27 heavy (non-hydrogen) atoms. The Bertz CT molecular complexity index is 755. The van der Waals surface area contributed by atoms with E-state index in [0.29, 0.717) is 5.11 Å². The average molecular weight is 387 g/mol. The summed E-state index contributed by atoms with van der Waals surface area (Å²) in [4.78, 5) is 9.52. The highest BCUT2D eigenvalue weighted by Crippen LogP contribution is 2.21. The van der Waals surface area contributed by atoms with Gasteiger partial charge in [-0.1, -0.05) is 13.8 Å². The summed E-state index contributed by atoms with van der Waals surface area (Å²) >= 11 is 5.42. The van der Waals surface area contributed by atoms with Crippen molar-refractivity contribution in [1.29, 1.82) is 0 Å². The molecule has 2 heterocycles. The van der Waals surface area contributed by atoms with Gasteiger partial charge in [0.05, 0.1) is 5.52 Å². The monoisotopic (exact) mass is 386 g/mol. The minimum Gasteiger partial charge on any atom is -0.361 e. The number of rotatable bonds is 7. The molecule has 146 valence electrons. The van der Waals surface area contributed by atoms with E-state index in [1.165, 1.54) is 0 Å². The third-order valence-corrected chi connectivity index (χ3v) is 5.23. The third-order valence-electron chi connectivity index (χ3n) is 4.98. The summed E-state index contributed by atoms with van der Waals surface area (Å²) in [5, 5.41) is 11.7. The zero-order chi connectivity index (χ0) is 19.1. The second kappa shape index (κ2) is 9.82. The van der Waals surface area contributed by atoms with E-state index in [1.54, 1.807) is 0 Å². The molecule has 3 N–H and O–H groups in total. The number of thiocarbonyl (C=S) groups is 1. The molecule has 0 amide bonds. The van der Waals surface area contributed by atoms with E-state index in [2.05, 4.69) is 63.9 Å². The summed E-state index contributed by atoms with van der Waals surface area (Å²) in [6.45, 7) is 12.4. The molecule has 1 saturated heterocycles. The van der Waals surface area contributed by atoms with Crippen LogP contribution in [0.2, 0.25) is 0 Å². The van der Waals surface area contributed by atoms with Crippen LogP contribution in [0.5, 0.6) is 0 Å². The van der Waals surface area contributed by atoms with E-state index in [1.807, 2.05) is 6.07 Å². The minimum absolute atomic E-state index is 0.659. The number of fused-ring (bicyclic) bond motifs is 1. The number of nitrogens with zero attached hydrogens (tertiary/aromatic N) is 3. The lowest BCUT2D eigenvalue weighted by Crippen LogP contribution is -2.43. The quantitative estimate of drug-likeness (QED) is 0.631. The Morgan fingerprint density at radius 1 is 1.19 bits per heavy atom. The number of aromatic nitrogens is 1. The molecule has 0 atom stereocenters. The van der Waals surface area contributed by atoms with Crippen molar-refractivity contribution in [3.05, 3.63) is 30.3 Å². The summed E-state index contributed by atoms with van der Waals surface area (Å²) < 4.78 is 0. The first-order valence-corrected chi connectivity index (χ1v) is 10.2. The van der Waals surface area contributed by atoms with Gasteiger partial charge < -0.3 is 25.8 Å². The minimum atomic E-state index is 0.659. The van der Waals surface area contributed by atoms with Crippen molar-refractivity contribution in [3.8, 4) is 0 Å². The number of likely N-dealkylation sites (N-methyl/N-ethyl adjacent to an activating group) is 1. The molecule has 2 aromatic rings. The fourth-order valence-electron chi connectivity index (χ4n) is 3.31. The van der Waals surface area contributed by atoms with Gasteiger partial charge in [0.1, 0.15) is 5.82 Å². The molecule has 1 aliphatic heterocycles. The highest BCUT2D eigenvalue weighted by Gasteiger charge is 2.12. The molecule has 1 aromatic carbocycles. The summed E-state index contributed by atoms with van der Waals surface area (Å²) in [5.41, 5.74) is 2.00. The number of benzene rings is 1. The first kappa shape index (κ1) is 19.8. The van der Waals surface area contributed by atoms with Gasteiger partial charge in [0.15, 0.2) is 5.11 Å². The topological polar surface area (TPSA) is 55.5 Å². The molecule has 1 aromatic heterocycles. The second-order valence-corrected chi connectivity index (χ2v) is 7.13. The fourth-order valence-corrected chi connectivity index (χ4v) is 3.53. The van der Waals surface area contributed by atoms with Crippen LogP contribution >= 0.6 is 12.2 Å². The zero-order valence-electron chi connectivity index (χ0n) is 16.3. The molecule has 7 heteroatoms. The van der Waals surface area contributed by atoms with Crippen molar-refractivity contribution in [2.24, 2.45) is 0 Å². The summed E-state index contributed by atoms with van der Waals surface area (Å²) in [6, 6.07) is 10.4. The van der Waals surface area contributed by atoms with Crippen LogP contribution in [0.25, 0.3) is 10.9 Å². The Balaban J connectivity index is 1.58. The molecule has 1 aliphatic rings.